The van der Waals surface area contributed by atoms with Crippen LogP contribution in [-0.2, 0) is 4.79 Å². The number of rotatable bonds is 14. The number of hydrogen-bond donors (Lipinski definition) is 3. The van der Waals surface area contributed by atoms with Gasteiger partial charge in [0.05, 0.1) is 0 Å². The van der Waals surface area contributed by atoms with E-state index in [1.807, 2.05) is 0 Å². The van der Waals surface area contributed by atoms with Crippen molar-refractivity contribution in [2.75, 3.05) is 0 Å². The third-order valence-electron chi connectivity index (χ3n) is 3.24. The first-order valence-corrected chi connectivity index (χ1v) is 9.29. The van der Waals surface area contributed by atoms with Crippen LogP contribution < -0.4 is 16.9 Å². The van der Waals surface area contributed by atoms with E-state index in [-0.39, 0.29) is 11.9 Å². The van der Waals surface area contributed by atoms with Gasteiger partial charge in [0.1, 0.15) is 0 Å². The number of carbonyl (C=O) groups is 1. The number of hydrogen-bond acceptors (Lipinski definition) is 2. The number of hydrazone groups is 1. The maximum atomic E-state index is 11.3. The molecule has 5 N–H and O–H groups in total. The van der Waals surface area contributed by atoms with Gasteiger partial charge in [0.2, 0.25) is 11.9 Å². The number of nitrogens with zero attached hydrogens (tertiary/aromatic N) is 1. The Labute approximate surface area is 158 Å². The molecule has 0 radical (unpaired) electrons. The van der Waals surface area contributed by atoms with Crippen LogP contribution in [-0.4, -0.2) is 11.9 Å². The summed E-state index contributed by atoms with van der Waals surface area (Å²) in [6.45, 7) is 2.14. The highest BCUT2D eigenvalue weighted by atomic mass is 16.2. The number of nitrogens with one attached hydrogen (secondary N) is 1. The Morgan fingerprint density at radius 3 is 1.73 bits per heavy atom. The minimum Gasteiger partial charge on any atom is -0.369 e. The lowest BCUT2D eigenvalue weighted by Crippen LogP contribution is -2.28. The van der Waals surface area contributed by atoms with Crippen LogP contribution in [0.4, 0.5) is 0 Å². The number of nitrogens with two attached hydrogens (primary N) is 2. The van der Waals surface area contributed by atoms with Crippen molar-refractivity contribution in [3.63, 3.8) is 0 Å². The van der Waals surface area contributed by atoms with E-state index < -0.39 is 0 Å². The van der Waals surface area contributed by atoms with Gasteiger partial charge in [0, 0.05) is 6.42 Å². The number of amides is 1. The molecule has 0 saturated heterocycles. The van der Waals surface area contributed by atoms with E-state index in [4.69, 9.17) is 11.5 Å². The molecule has 0 aliphatic heterocycles. The second kappa shape index (κ2) is 18.8. The minimum absolute atomic E-state index is 0.142. The highest BCUT2D eigenvalue weighted by Gasteiger charge is 1.97. The van der Waals surface area contributed by atoms with Gasteiger partial charge in [-0.15, -0.1) is 5.10 Å². The fourth-order valence-electron chi connectivity index (χ4n) is 1.93. The number of unbranched alkanes of at least 4 members (excludes halogenated alkanes) is 1. The molecule has 0 bridgehead atoms. The largest absolute Gasteiger partial charge is 0.369 e. The molecule has 5 heteroatoms. The normalized spacial score (nSPS) is 12.2. The summed E-state index contributed by atoms with van der Waals surface area (Å²) in [5.74, 6) is -0.318. The summed E-state index contributed by atoms with van der Waals surface area (Å²) in [6.07, 6.45) is 28.7. The Bertz CT molecular complexity index is 524. The molecule has 26 heavy (non-hydrogen) atoms. The summed E-state index contributed by atoms with van der Waals surface area (Å²) in [7, 11) is 0. The van der Waals surface area contributed by atoms with Gasteiger partial charge in [-0.1, -0.05) is 67.7 Å². The smallest absolute Gasteiger partial charge is 0.240 e. The molecule has 0 aliphatic rings. The molecule has 0 rings (SSSR count). The van der Waals surface area contributed by atoms with Crippen molar-refractivity contribution in [1.82, 2.24) is 5.43 Å². The third kappa shape index (κ3) is 19.5. The second-order valence-corrected chi connectivity index (χ2v) is 5.67. The molecule has 0 saturated carbocycles. The molecule has 5 nitrogen and oxygen atoms in total. The monoisotopic (exact) mass is 358 g/mol. The molecular formula is C21H34N4O. The topological polar surface area (TPSA) is 93.5 Å². The van der Waals surface area contributed by atoms with Crippen molar-refractivity contribution in [3.8, 4) is 0 Å². The van der Waals surface area contributed by atoms with Crippen LogP contribution in [0, 0.1) is 0 Å². The molecule has 0 aromatic rings. The van der Waals surface area contributed by atoms with Crippen LogP contribution in [0.1, 0.15) is 58.3 Å². The lowest BCUT2D eigenvalue weighted by molar-refractivity contribution is -0.121. The standard InChI is InChI=1S/C21H34N4O/c1-2-3-4-5-6-7-8-9-10-11-12-13-14-15-16-17-18-19-20(26)24-25-21(22)23/h3-4,6-7,9-10,12-13,15-16H,2,5,8,11,14,17-19H2,1H3,(H,24,26)(H4,22,23,25)/b4-3+,7-6+,10-9+,13-12+,16-15+. The molecule has 0 aliphatic carbocycles. The Morgan fingerprint density at radius 2 is 1.27 bits per heavy atom. The molecular weight excluding hydrogens is 324 g/mol. The van der Waals surface area contributed by atoms with Crippen LogP contribution in [0.15, 0.2) is 65.9 Å². The number of carbonyl (C=O) groups excluding carboxylic acids is 1. The van der Waals surface area contributed by atoms with Crippen LogP contribution in [0.2, 0.25) is 0 Å². The van der Waals surface area contributed by atoms with Gasteiger partial charge < -0.3 is 11.5 Å². The fraction of sp³-hybridized carbons (Fsp3) is 0.429. The van der Waals surface area contributed by atoms with Gasteiger partial charge in [-0.2, -0.15) is 0 Å². The average molecular weight is 359 g/mol. The Balaban J connectivity index is 3.55. The predicted octanol–water partition coefficient (Wildman–Crippen LogP) is 4.21. The van der Waals surface area contributed by atoms with Gasteiger partial charge in [0.25, 0.3) is 0 Å². The van der Waals surface area contributed by atoms with Crippen LogP contribution in [0.5, 0.6) is 0 Å². The zero-order valence-corrected chi connectivity index (χ0v) is 15.9. The first-order valence-electron chi connectivity index (χ1n) is 9.29. The summed E-state index contributed by atoms with van der Waals surface area (Å²) in [5.41, 5.74) is 12.5. The summed E-state index contributed by atoms with van der Waals surface area (Å²) in [5, 5.41) is 3.45. The highest BCUT2D eigenvalue weighted by Crippen LogP contribution is 1.99. The zero-order chi connectivity index (χ0) is 19.3. The van der Waals surface area contributed by atoms with Crippen LogP contribution in [0.3, 0.4) is 0 Å². The van der Waals surface area contributed by atoms with Gasteiger partial charge in [-0.3, -0.25) is 4.79 Å². The van der Waals surface area contributed by atoms with E-state index in [2.05, 4.69) is 78.2 Å². The molecule has 0 aromatic heterocycles. The molecule has 0 unspecified atom stereocenters. The zero-order valence-electron chi connectivity index (χ0n) is 15.9. The van der Waals surface area contributed by atoms with E-state index in [1.54, 1.807) is 0 Å². The van der Waals surface area contributed by atoms with Crippen molar-refractivity contribution in [2.45, 2.75) is 58.3 Å². The van der Waals surface area contributed by atoms with Crippen molar-refractivity contribution < 1.29 is 4.79 Å². The van der Waals surface area contributed by atoms with Crippen LogP contribution >= 0.6 is 0 Å². The van der Waals surface area contributed by atoms with Crippen molar-refractivity contribution in [3.05, 3.63) is 60.8 Å². The number of allylic oxidation sites excluding steroid dienone is 10. The van der Waals surface area contributed by atoms with Crippen molar-refractivity contribution in [2.24, 2.45) is 16.6 Å². The van der Waals surface area contributed by atoms with E-state index in [9.17, 15) is 4.79 Å². The molecule has 0 heterocycles. The lowest BCUT2D eigenvalue weighted by Gasteiger charge is -1.98. The summed E-state index contributed by atoms with van der Waals surface area (Å²) in [4.78, 5) is 11.3. The third-order valence-corrected chi connectivity index (χ3v) is 3.24. The fourth-order valence-corrected chi connectivity index (χ4v) is 1.93. The molecule has 144 valence electrons. The molecule has 0 aromatic carbocycles. The Hall–Kier alpha value is -2.56. The van der Waals surface area contributed by atoms with Gasteiger partial charge >= 0.3 is 0 Å². The first kappa shape index (κ1) is 23.4. The number of guanidine groups is 1. The van der Waals surface area contributed by atoms with Gasteiger partial charge in [-0.05, 0) is 44.9 Å². The molecule has 0 atom stereocenters. The molecule has 1 amide bonds. The predicted molar refractivity (Wildman–Crippen MR) is 112 cm³/mol. The quantitative estimate of drug-likeness (QED) is 0.143. The maximum Gasteiger partial charge on any atom is 0.240 e. The minimum atomic E-state index is -0.175. The van der Waals surface area contributed by atoms with E-state index in [0.717, 1.165) is 44.9 Å². The summed E-state index contributed by atoms with van der Waals surface area (Å²) >= 11 is 0. The summed E-state index contributed by atoms with van der Waals surface area (Å²) < 4.78 is 0. The summed E-state index contributed by atoms with van der Waals surface area (Å²) in [6, 6.07) is 0. The SMILES string of the molecule is CC/C=C/C/C=C/C/C=C/C/C=C/C/C=C/CCCC(=O)NN=C(N)N. The second-order valence-electron chi connectivity index (χ2n) is 5.67. The molecule has 0 fully saturated rings. The molecule has 0 spiro atoms. The Kier molecular flexibility index (Phi) is 16.9. The highest BCUT2D eigenvalue weighted by molar-refractivity contribution is 5.80. The van der Waals surface area contributed by atoms with Gasteiger partial charge in [-0.25, -0.2) is 5.43 Å². The first-order chi connectivity index (χ1) is 12.7. The lowest BCUT2D eigenvalue weighted by atomic mass is 10.2. The van der Waals surface area contributed by atoms with Gasteiger partial charge in [0.15, 0.2) is 0 Å². The Morgan fingerprint density at radius 1 is 0.808 bits per heavy atom. The van der Waals surface area contributed by atoms with E-state index >= 15 is 0 Å². The van der Waals surface area contributed by atoms with E-state index in [1.165, 1.54) is 0 Å². The average Bonchev–Trinajstić information content (AvgIpc) is 2.62. The van der Waals surface area contributed by atoms with Crippen LogP contribution in [0.25, 0.3) is 0 Å². The van der Waals surface area contributed by atoms with Crippen molar-refractivity contribution >= 4 is 11.9 Å². The maximum absolute atomic E-state index is 11.3. The van der Waals surface area contributed by atoms with E-state index in [0.29, 0.717) is 6.42 Å². The van der Waals surface area contributed by atoms with Crippen molar-refractivity contribution in [1.29, 1.82) is 0 Å².